The summed E-state index contributed by atoms with van der Waals surface area (Å²) in [5.41, 5.74) is 5.15. The quantitative estimate of drug-likeness (QED) is 0.535. The highest BCUT2D eigenvalue weighted by molar-refractivity contribution is 8.02. The van der Waals surface area contributed by atoms with Gasteiger partial charge in [0.1, 0.15) is 0 Å². The smallest absolute Gasteiger partial charge is 0.00971 e. The minimum absolute atomic E-state index is 0.747. The van der Waals surface area contributed by atoms with Crippen molar-refractivity contribution < 1.29 is 0 Å². The van der Waals surface area contributed by atoms with E-state index in [1.54, 1.807) is 17.2 Å². The van der Waals surface area contributed by atoms with Crippen LogP contribution in [0.3, 0.4) is 0 Å². The van der Waals surface area contributed by atoms with Crippen LogP contribution in [0, 0.1) is 0 Å². The molecule has 0 aromatic heterocycles. The zero-order valence-corrected chi connectivity index (χ0v) is 4.50. The fraction of sp³-hybridized carbons (Fsp3) is 0.500. The van der Waals surface area contributed by atoms with Crippen molar-refractivity contribution in [3.8, 4) is 0 Å². The molecule has 0 spiro atoms. The SMILES string of the molecule is C=CSCCN. The molecule has 0 rings (SSSR count). The first-order chi connectivity index (χ1) is 2.91. The molecule has 0 aromatic carbocycles. The van der Waals surface area contributed by atoms with Crippen LogP contribution in [0.1, 0.15) is 0 Å². The van der Waals surface area contributed by atoms with Crippen molar-refractivity contribution in [2.75, 3.05) is 12.3 Å². The van der Waals surface area contributed by atoms with Gasteiger partial charge in [-0.3, -0.25) is 0 Å². The van der Waals surface area contributed by atoms with E-state index < -0.39 is 0 Å². The molecule has 0 heterocycles. The Bertz CT molecular complexity index is 36.5. The van der Waals surface area contributed by atoms with Crippen LogP contribution in [0.2, 0.25) is 0 Å². The summed E-state index contributed by atoms with van der Waals surface area (Å²) in [7, 11) is 0. The normalized spacial score (nSPS) is 8.17. The van der Waals surface area contributed by atoms with E-state index in [1.807, 2.05) is 0 Å². The van der Waals surface area contributed by atoms with Crippen molar-refractivity contribution >= 4 is 11.8 Å². The summed E-state index contributed by atoms with van der Waals surface area (Å²) in [6, 6.07) is 0. The number of rotatable bonds is 3. The van der Waals surface area contributed by atoms with E-state index in [0.717, 1.165) is 12.3 Å². The predicted molar refractivity (Wildman–Crippen MR) is 31.7 cm³/mol. The Morgan fingerprint density at radius 3 is 2.67 bits per heavy atom. The van der Waals surface area contributed by atoms with Gasteiger partial charge in [0.25, 0.3) is 0 Å². The van der Waals surface area contributed by atoms with Gasteiger partial charge in [0, 0.05) is 12.3 Å². The molecule has 6 heavy (non-hydrogen) atoms. The molecular formula is C4H9NS. The summed E-state index contributed by atoms with van der Waals surface area (Å²) >= 11 is 1.65. The van der Waals surface area contributed by atoms with Crippen molar-refractivity contribution in [2.24, 2.45) is 5.73 Å². The molecule has 0 saturated carbocycles. The van der Waals surface area contributed by atoms with E-state index in [0.29, 0.717) is 0 Å². The van der Waals surface area contributed by atoms with E-state index in [9.17, 15) is 0 Å². The molecular weight excluding hydrogens is 94.1 g/mol. The van der Waals surface area contributed by atoms with Gasteiger partial charge in [-0.25, -0.2) is 0 Å². The first-order valence-corrected chi connectivity index (χ1v) is 2.89. The second kappa shape index (κ2) is 5.05. The number of hydrogen-bond donors (Lipinski definition) is 1. The van der Waals surface area contributed by atoms with Gasteiger partial charge in [-0.2, -0.15) is 0 Å². The van der Waals surface area contributed by atoms with E-state index in [2.05, 4.69) is 6.58 Å². The van der Waals surface area contributed by atoms with E-state index in [-0.39, 0.29) is 0 Å². The lowest BCUT2D eigenvalue weighted by molar-refractivity contribution is 1.15. The lowest BCUT2D eigenvalue weighted by Gasteiger charge is -1.83. The average molecular weight is 103 g/mol. The lowest BCUT2D eigenvalue weighted by atomic mass is 10.8. The third kappa shape index (κ3) is 4.05. The molecule has 36 valence electrons. The number of hydrogen-bond acceptors (Lipinski definition) is 2. The third-order valence-electron chi connectivity index (χ3n) is 0.354. The zero-order chi connectivity index (χ0) is 4.83. The van der Waals surface area contributed by atoms with Gasteiger partial charge < -0.3 is 5.73 Å². The maximum absolute atomic E-state index is 5.15. The summed E-state index contributed by atoms with van der Waals surface area (Å²) in [5, 5.41) is 1.80. The van der Waals surface area contributed by atoms with Gasteiger partial charge in [0.05, 0.1) is 0 Å². The average Bonchev–Trinajstić information content (AvgIpc) is 1.61. The summed E-state index contributed by atoms with van der Waals surface area (Å²) < 4.78 is 0. The first kappa shape index (κ1) is 6.05. The second-order valence-corrected chi connectivity index (χ2v) is 1.90. The molecule has 2 N–H and O–H groups in total. The van der Waals surface area contributed by atoms with Crippen LogP contribution in [0.5, 0.6) is 0 Å². The standard InChI is InChI=1S/C4H9NS/c1-2-6-4-3-5/h2H,1,3-5H2. The van der Waals surface area contributed by atoms with Crippen molar-refractivity contribution in [3.63, 3.8) is 0 Å². The van der Waals surface area contributed by atoms with Crippen molar-refractivity contribution in [3.05, 3.63) is 12.0 Å². The van der Waals surface area contributed by atoms with Crippen LogP contribution in [0.4, 0.5) is 0 Å². The first-order valence-electron chi connectivity index (χ1n) is 1.84. The monoisotopic (exact) mass is 103 g/mol. The van der Waals surface area contributed by atoms with Crippen molar-refractivity contribution in [1.29, 1.82) is 0 Å². The summed E-state index contributed by atoms with van der Waals surface area (Å²) in [4.78, 5) is 0. The van der Waals surface area contributed by atoms with Gasteiger partial charge in [-0.05, 0) is 5.41 Å². The van der Waals surface area contributed by atoms with Crippen LogP contribution < -0.4 is 5.73 Å². The predicted octanol–water partition coefficient (Wildman–Crippen LogP) is 0.822. The Labute approximate surface area is 42.6 Å². The number of thioether (sulfide) groups is 1. The highest BCUT2D eigenvalue weighted by atomic mass is 32.2. The molecule has 0 bridgehead atoms. The largest absolute Gasteiger partial charge is 0.330 e. The summed E-state index contributed by atoms with van der Waals surface area (Å²) in [6.45, 7) is 4.25. The number of nitrogens with two attached hydrogens (primary N) is 1. The van der Waals surface area contributed by atoms with Crippen LogP contribution in [-0.2, 0) is 0 Å². The van der Waals surface area contributed by atoms with Crippen LogP contribution >= 0.6 is 11.8 Å². The van der Waals surface area contributed by atoms with Gasteiger partial charge in [-0.1, -0.05) is 6.58 Å². The molecule has 0 aliphatic heterocycles. The minimum Gasteiger partial charge on any atom is -0.330 e. The fourth-order valence-corrected chi connectivity index (χ4v) is 0.454. The van der Waals surface area contributed by atoms with E-state index in [4.69, 9.17) is 5.73 Å². The van der Waals surface area contributed by atoms with Crippen LogP contribution in [0.25, 0.3) is 0 Å². The molecule has 0 aliphatic rings. The Morgan fingerprint density at radius 2 is 2.50 bits per heavy atom. The lowest BCUT2D eigenvalue weighted by Crippen LogP contribution is -1.99. The van der Waals surface area contributed by atoms with E-state index >= 15 is 0 Å². The van der Waals surface area contributed by atoms with Crippen molar-refractivity contribution in [1.82, 2.24) is 0 Å². The molecule has 0 aromatic rings. The highest BCUT2D eigenvalue weighted by Crippen LogP contribution is 1.94. The molecule has 0 radical (unpaired) electrons. The molecule has 0 saturated heterocycles. The Hall–Kier alpha value is 0.0500. The molecule has 0 aliphatic carbocycles. The van der Waals surface area contributed by atoms with Crippen LogP contribution in [-0.4, -0.2) is 12.3 Å². The summed E-state index contributed by atoms with van der Waals surface area (Å²) in [6.07, 6.45) is 0. The maximum Gasteiger partial charge on any atom is 0.00971 e. The molecule has 0 amide bonds. The van der Waals surface area contributed by atoms with Crippen molar-refractivity contribution in [2.45, 2.75) is 0 Å². The minimum atomic E-state index is 0.747. The summed E-state index contributed by atoms with van der Waals surface area (Å²) in [5.74, 6) is 0.990. The van der Waals surface area contributed by atoms with Gasteiger partial charge in [-0.15, -0.1) is 11.8 Å². The van der Waals surface area contributed by atoms with Crippen LogP contribution in [0.15, 0.2) is 12.0 Å². The third-order valence-corrected chi connectivity index (χ3v) is 1.06. The fourth-order valence-electron chi connectivity index (χ4n) is 0.151. The van der Waals surface area contributed by atoms with Gasteiger partial charge in [0.2, 0.25) is 0 Å². The molecule has 0 fully saturated rings. The Morgan fingerprint density at radius 1 is 1.83 bits per heavy atom. The second-order valence-electron chi connectivity index (χ2n) is 0.826. The van der Waals surface area contributed by atoms with E-state index in [1.165, 1.54) is 0 Å². The molecule has 0 atom stereocenters. The Balaban J connectivity index is 2.49. The topological polar surface area (TPSA) is 26.0 Å². The van der Waals surface area contributed by atoms with Gasteiger partial charge >= 0.3 is 0 Å². The maximum atomic E-state index is 5.15. The zero-order valence-electron chi connectivity index (χ0n) is 3.68. The van der Waals surface area contributed by atoms with Gasteiger partial charge in [0.15, 0.2) is 0 Å². The Kier molecular flexibility index (Phi) is 5.09. The highest BCUT2D eigenvalue weighted by Gasteiger charge is 1.71. The molecule has 1 nitrogen and oxygen atoms in total. The molecule has 0 unspecified atom stereocenters. The molecule has 2 heteroatoms.